The Bertz CT molecular complexity index is 335. The Hall–Kier alpha value is -1.02. The van der Waals surface area contributed by atoms with Crippen LogP contribution in [0.4, 0.5) is 5.69 Å². The maximum absolute atomic E-state index is 3.48. The second-order valence-electron chi connectivity index (χ2n) is 4.44. The van der Waals surface area contributed by atoms with Crippen LogP contribution in [0.3, 0.4) is 0 Å². The Morgan fingerprint density at radius 1 is 1.31 bits per heavy atom. The summed E-state index contributed by atoms with van der Waals surface area (Å²) in [5.74, 6) is 0. The summed E-state index contributed by atoms with van der Waals surface area (Å²) in [6.07, 6.45) is 2.33. The summed E-state index contributed by atoms with van der Waals surface area (Å²) in [5.41, 5.74) is 2.92. The molecule has 88 valence electrons. The van der Waals surface area contributed by atoms with E-state index in [0.717, 1.165) is 26.1 Å². The van der Waals surface area contributed by atoms with Gasteiger partial charge in [-0.2, -0.15) is 0 Å². The Balaban J connectivity index is 2.26. The van der Waals surface area contributed by atoms with Crippen molar-refractivity contribution in [2.75, 3.05) is 24.5 Å². The fourth-order valence-electron chi connectivity index (χ4n) is 2.53. The SMILES string of the molecule is CCc1ccccc1N1CCNCC1CC. The van der Waals surface area contributed by atoms with Crippen molar-refractivity contribution < 1.29 is 0 Å². The maximum atomic E-state index is 3.48. The van der Waals surface area contributed by atoms with E-state index in [1.165, 1.54) is 17.7 Å². The second-order valence-corrected chi connectivity index (χ2v) is 4.44. The van der Waals surface area contributed by atoms with E-state index in [0.29, 0.717) is 6.04 Å². The molecule has 2 nitrogen and oxygen atoms in total. The fraction of sp³-hybridized carbons (Fsp3) is 0.571. The Kier molecular flexibility index (Phi) is 3.83. The largest absolute Gasteiger partial charge is 0.366 e. The molecule has 1 aliphatic rings. The molecule has 0 radical (unpaired) electrons. The van der Waals surface area contributed by atoms with Gasteiger partial charge in [-0.1, -0.05) is 32.0 Å². The topological polar surface area (TPSA) is 15.3 Å². The molecule has 0 aromatic heterocycles. The molecule has 0 aliphatic carbocycles. The Morgan fingerprint density at radius 2 is 2.12 bits per heavy atom. The van der Waals surface area contributed by atoms with Gasteiger partial charge in [-0.15, -0.1) is 0 Å². The Labute approximate surface area is 98.7 Å². The van der Waals surface area contributed by atoms with Crippen molar-refractivity contribution in [2.24, 2.45) is 0 Å². The number of rotatable bonds is 3. The zero-order valence-electron chi connectivity index (χ0n) is 10.4. The van der Waals surface area contributed by atoms with Gasteiger partial charge in [-0.3, -0.25) is 0 Å². The van der Waals surface area contributed by atoms with Gasteiger partial charge in [0.2, 0.25) is 0 Å². The molecule has 0 bridgehead atoms. The molecule has 2 heteroatoms. The quantitative estimate of drug-likeness (QED) is 0.838. The maximum Gasteiger partial charge on any atom is 0.0412 e. The van der Waals surface area contributed by atoms with E-state index in [9.17, 15) is 0 Å². The number of nitrogens with zero attached hydrogens (tertiary/aromatic N) is 1. The number of hydrogen-bond acceptors (Lipinski definition) is 2. The number of anilines is 1. The van der Waals surface area contributed by atoms with Crippen LogP contribution in [0.25, 0.3) is 0 Å². The van der Waals surface area contributed by atoms with Gasteiger partial charge < -0.3 is 10.2 Å². The van der Waals surface area contributed by atoms with Crippen molar-refractivity contribution in [3.63, 3.8) is 0 Å². The normalized spacial score (nSPS) is 21.1. The first-order valence-corrected chi connectivity index (χ1v) is 6.42. The molecule has 0 amide bonds. The van der Waals surface area contributed by atoms with Crippen molar-refractivity contribution in [3.05, 3.63) is 29.8 Å². The summed E-state index contributed by atoms with van der Waals surface area (Å²) in [6.45, 7) is 7.87. The first-order valence-electron chi connectivity index (χ1n) is 6.42. The van der Waals surface area contributed by atoms with Gasteiger partial charge >= 0.3 is 0 Å². The lowest BCUT2D eigenvalue weighted by atomic mass is 10.0. The molecule has 1 heterocycles. The lowest BCUT2D eigenvalue weighted by Gasteiger charge is -2.38. The van der Waals surface area contributed by atoms with Crippen molar-refractivity contribution in [1.82, 2.24) is 5.32 Å². The summed E-state index contributed by atoms with van der Waals surface area (Å²) in [5, 5.41) is 3.48. The van der Waals surface area contributed by atoms with E-state index in [1.807, 2.05) is 0 Å². The van der Waals surface area contributed by atoms with Gasteiger partial charge in [0.25, 0.3) is 0 Å². The third kappa shape index (κ3) is 2.22. The average Bonchev–Trinajstić information content (AvgIpc) is 2.38. The van der Waals surface area contributed by atoms with Crippen molar-refractivity contribution in [2.45, 2.75) is 32.7 Å². The summed E-state index contributed by atoms with van der Waals surface area (Å²) in [4.78, 5) is 2.58. The predicted octanol–water partition coefficient (Wildman–Crippen LogP) is 2.44. The number of hydrogen-bond donors (Lipinski definition) is 1. The zero-order valence-corrected chi connectivity index (χ0v) is 10.4. The van der Waals surface area contributed by atoms with Gasteiger partial charge in [-0.05, 0) is 24.5 Å². The Morgan fingerprint density at radius 3 is 2.88 bits per heavy atom. The highest BCUT2D eigenvalue weighted by atomic mass is 15.2. The molecule has 1 saturated heterocycles. The van der Waals surface area contributed by atoms with Gasteiger partial charge in [-0.25, -0.2) is 0 Å². The van der Waals surface area contributed by atoms with Crippen LogP contribution in [0.1, 0.15) is 25.8 Å². The average molecular weight is 218 g/mol. The molecule has 0 spiro atoms. The summed E-state index contributed by atoms with van der Waals surface area (Å²) in [7, 11) is 0. The molecule has 1 unspecified atom stereocenters. The lowest BCUT2D eigenvalue weighted by Crippen LogP contribution is -2.51. The number of nitrogens with one attached hydrogen (secondary N) is 1. The molecular formula is C14H22N2. The molecule has 16 heavy (non-hydrogen) atoms. The molecule has 1 aliphatic heterocycles. The van der Waals surface area contributed by atoms with Crippen LogP contribution in [0.2, 0.25) is 0 Å². The molecule has 1 aromatic rings. The van der Waals surface area contributed by atoms with Crippen LogP contribution in [-0.4, -0.2) is 25.7 Å². The molecule has 2 rings (SSSR count). The van der Waals surface area contributed by atoms with E-state index in [-0.39, 0.29) is 0 Å². The van der Waals surface area contributed by atoms with E-state index >= 15 is 0 Å². The number of para-hydroxylation sites is 1. The highest BCUT2D eigenvalue weighted by Gasteiger charge is 2.21. The van der Waals surface area contributed by atoms with Crippen LogP contribution in [0.5, 0.6) is 0 Å². The monoisotopic (exact) mass is 218 g/mol. The molecule has 1 aromatic carbocycles. The molecule has 1 fully saturated rings. The van der Waals surface area contributed by atoms with Crippen LogP contribution in [0.15, 0.2) is 24.3 Å². The smallest absolute Gasteiger partial charge is 0.0412 e. The molecular weight excluding hydrogens is 196 g/mol. The van der Waals surface area contributed by atoms with E-state index in [2.05, 4.69) is 48.3 Å². The summed E-state index contributed by atoms with van der Waals surface area (Å²) in [6, 6.07) is 9.48. The molecule has 1 N–H and O–H groups in total. The minimum absolute atomic E-state index is 0.654. The third-order valence-electron chi connectivity index (χ3n) is 3.50. The molecule has 0 saturated carbocycles. The van der Waals surface area contributed by atoms with E-state index in [4.69, 9.17) is 0 Å². The zero-order chi connectivity index (χ0) is 11.4. The highest BCUT2D eigenvalue weighted by molar-refractivity contribution is 5.55. The minimum Gasteiger partial charge on any atom is -0.366 e. The number of piperazine rings is 1. The lowest BCUT2D eigenvalue weighted by molar-refractivity contribution is 0.465. The predicted molar refractivity (Wildman–Crippen MR) is 70.1 cm³/mol. The van der Waals surface area contributed by atoms with Crippen molar-refractivity contribution in [3.8, 4) is 0 Å². The van der Waals surface area contributed by atoms with E-state index in [1.54, 1.807) is 0 Å². The fourth-order valence-corrected chi connectivity index (χ4v) is 2.53. The summed E-state index contributed by atoms with van der Waals surface area (Å²) >= 11 is 0. The standard InChI is InChI=1S/C14H22N2/c1-3-12-7-5-6-8-14(12)16-10-9-15-11-13(16)4-2/h5-8,13,15H,3-4,9-11H2,1-2H3. The van der Waals surface area contributed by atoms with Gasteiger partial charge in [0.15, 0.2) is 0 Å². The van der Waals surface area contributed by atoms with Gasteiger partial charge in [0.1, 0.15) is 0 Å². The van der Waals surface area contributed by atoms with Crippen LogP contribution < -0.4 is 10.2 Å². The van der Waals surface area contributed by atoms with Crippen molar-refractivity contribution >= 4 is 5.69 Å². The third-order valence-corrected chi connectivity index (χ3v) is 3.50. The van der Waals surface area contributed by atoms with Crippen LogP contribution in [-0.2, 0) is 6.42 Å². The van der Waals surface area contributed by atoms with Crippen LogP contribution in [0, 0.1) is 0 Å². The van der Waals surface area contributed by atoms with Gasteiger partial charge in [0, 0.05) is 31.4 Å². The highest BCUT2D eigenvalue weighted by Crippen LogP contribution is 2.24. The minimum atomic E-state index is 0.654. The van der Waals surface area contributed by atoms with E-state index < -0.39 is 0 Å². The van der Waals surface area contributed by atoms with Gasteiger partial charge in [0.05, 0.1) is 0 Å². The first-order chi connectivity index (χ1) is 7.86. The number of benzene rings is 1. The summed E-state index contributed by atoms with van der Waals surface area (Å²) < 4.78 is 0. The number of aryl methyl sites for hydroxylation is 1. The molecule has 1 atom stereocenters. The van der Waals surface area contributed by atoms with Crippen LogP contribution >= 0.6 is 0 Å². The second kappa shape index (κ2) is 5.35. The van der Waals surface area contributed by atoms with Crippen molar-refractivity contribution in [1.29, 1.82) is 0 Å². The first kappa shape index (κ1) is 11.5.